The van der Waals surface area contributed by atoms with Gasteiger partial charge < -0.3 is 5.32 Å². The number of halogens is 1. The maximum atomic E-state index is 13.1. The Hall–Kier alpha value is -3.02. The number of carbonyl (C=O) groups is 1. The molecule has 0 radical (unpaired) electrons. The van der Waals surface area contributed by atoms with Crippen LogP contribution in [0.3, 0.4) is 0 Å². The molecule has 5 nitrogen and oxygen atoms in total. The summed E-state index contributed by atoms with van der Waals surface area (Å²) in [6.45, 7) is 3.88. The topological polar surface area (TPSA) is 59.8 Å². The minimum atomic E-state index is -0.307. The summed E-state index contributed by atoms with van der Waals surface area (Å²) in [7, 11) is 0. The third-order valence-corrected chi connectivity index (χ3v) is 4.07. The number of hydrogen-bond acceptors (Lipinski definition) is 3. The van der Waals surface area contributed by atoms with Crippen molar-refractivity contribution in [1.29, 1.82) is 0 Å². The number of hydrogen-bond donors (Lipinski definition) is 1. The Morgan fingerprint density at radius 3 is 2.52 bits per heavy atom. The molecular weight excluding hydrogens is 319 g/mol. The van der Waals surface area contributed by atoms with E-state index in [-0.39, 0.29) is 17.8 Å². The lowest BCUT2D eigenvalue weighted by Gasteiger charge is -2.14. The van der Waals surface area contributed by atoms with Gasteiger partial charge in [-0.25, -0.2) is 9.07 Å². The molecule has 0 aliphatic rings. The van der Waals surface area contributed by atoms with Crippen LogP contribution in [-0.2, 0) is 6.42 Å². The first-order valence-electron chi connectivity index (χ1n) is 8.13. The molecular formula is C19H19FN4O. The molecule has 0 aliphatic carbocycles. The van der Waals surface area contributed by atoms with Crippen LogP contribution in [0.2, 0.25) is 0 Å². The third-order valence-electron chi connectivity index (χ3n) is 4.07. The lowest BCUT2D eigenvalue weighted by Crippen LogP contribution is -2.27. The number of nitrogens with one attached hydrogen (secondary N) is 1. The second kappa shape index (κ2) is 7.25. The predicted molar refractivity (Wildman–Crippen MR) is 93.0 cm³/mol. The van der Waals surface area contributed by atoms with Gasteiger partial charge in [0, 0.05) is 12.4 Å². The number of carbonyl (C=O) groups excluding carboxylic acids is 1. The first-order valence-corrected chi connectivity index (χ1v) is 8.13. The van der Waals surface area contributed by atoms with E-state index < -0.39 is 0 Å². The van der Waals surface area contributed by atoms with Gasteiger partial charge in [-0.3, -0.25) is 9.78 Å². The van der Waals surface area contributed by atoms with Gasteiger partial charge >= 0.3 is 0 Å². The smallest absolute Gasteiger partial charge is 0.255 e. The summed E-state index contributed by atoms with van der Waals surface area (Å²) in [4.78, 5) is 16.6. The summed E-state index contributed by atoms with van der Waals surface area (Å²) in [5.41, 5.74) is 3.01. The van der Waals surface area contributed by atoms with Crippen molar-refractivity contribution in [1.82, 2.24) is 20.1 Å². The molecule has 0 saturated heterocycles. The van der Waals surface area contributed by atoms with Gasteiger partial charge in [-0.1, -0.05) is 6.92 Å². The highest BCUT2D eigenvalue weighted by Crippen LogP contribution is 2.18. The summed E-state index contributed by atoms with van der Waals surface area (Å²) >= 11 is 0. The Morgan fingerprint density at radius 2 is 1.88 bits per heavy atom. The summed E-state index contributed by atoms with van der Waals surface area (Å²) in [6, 6.07) is 9.63. The Kier molecular flexibility index (Phi) is 4.88. The maximum Gasteiger partial charge on any atom is 0.255 e. The Labute approximate surface area is 145 Å². The van der Waals surface area contributed by atoms with E-state index >= 15 is 0 Å². The van der Waals surface area contributed by atoms with Crippen LogP contribution in [0.15, 0.2) is 55.0 Å². The first-order chi connectivity index (χ1) is 12.1. The minimum Gasteiger partial charge on any atom is -0.345 e. The maximum absolute atomic E-state index is 13.1. The summed E-state index contributed by atoms with van der Waals surface area (Å²) < 4.78 is 14.8. The van der Waals surface area contributed by atoms with Gasteiger partial charge in [0.15, 0.2) is 0 Å². The molecule has 128 valence electrons. The van der Waals surface area contributed by atoms with E-state index in [0.717, 1.165) is 16.9 Å². The van der Waals surface area contributed by atoms with Crippen molar-refractivity contribution < 1.29 is 9.18 Å². The molecule has 1 N–H and O–H groups in total. The number of aromatic nitrogens is 3. The van der Waals surface area contributed by atoms with Crippen molar-refractivity contribution in [3.05, 3.63) is 77.6 Å². The zero-order valence-corrected chi connectivity index (χ0v) is 14.1. The van der Waals surface area contributed by atoms with Gasteiger partial charge in [0.25, 0.3) is 5.91 Å². The van der Waals surface area contributed by atoms with Crippen LogP contribution in [0, 0.1) is 5.82 Å². The minimum absolute atomic E-state index is 0.144. The van der Waals surface area contributed by atoms with Crippen molar-refractivity contribution in [2.24, 2.45) is 0 Å². The van der Waals surface area contributed by atoms with Gasteiger partial charge in [0.05, 0.1) is 29.2 Å². The van der Waals surface area contributed by atoms with E-state index in [2.05, 4.69) is 15.4 Å². The van der Waals surface area contributed by atoms with Crippen LogP contribution in [0.4, 0.5) is 4.39 Å². The first kappa shape index (κ1) is 16.8. The molecule has 25 heavy (non-hydrogen) atoms. The normalized spacial score (nSPS) is 12.0. The lowest BCUT2D eigenvalue weighted by molar-refractivity contribution is 0.0939. The quantitative estimate of drug-likeness (QED) is 0.775. The fourth-order valence-electron chi connectivity index (χ4n) is 2.72. The molecule has 0 saturated carbocycles. The molecule has 6 heteroatoms. The van der Waals surface area contributed by atoms with Gasteiger partial charge in [-0.05, 0) is 55.3 Å². The predicted octanol–water partition coefficient (Wildman–Crippen LogP) is 3.46. The van der Waals surface area contributed by atoms with Crippen LogP contribution < -0.4 is 5.32 Å². The Bertz CT molecular complexity index is 859. The standard InChI is InChI=1S/C19H19FN4O/c1-3-18-17(12-22-24(18)16-6-4-15(20)5-7-16)19(25)23-13(2)14-8-10-21-11-9-14/h4-13H,3H2,1-2H3,(H,23,25). The average Bonchev–Trinajstić information content (AvgIpc) is 3.07. The van der Waals surface area contributed by atoms with Crippen molar-refractivity contribution in [2.45, 2.75) is 26.3 Å². The number of rotatable bonds is 5. The van der Waals surface area contributed by atoms with Crippen molar-refractivity contribution in [3.8, 4) is 5.69 Å². The fraction of sp³-hybridized carbons (Fsp3) is 0.211. The largest absolute Gasteiger partial charge is 0.345 e. The second-order valence-electron chi connectivity index (χ2n) is 5.72. The highest BCUT2D eigenvalue weighted by atomic mass is 19.1. The zero-order valence-electron chi connectivity index (χ0n) is 14.1. The van der Waals surface area contributed by atoms with Gasteiger partial charge in [0.1, 0.15) is 5.82 Å². The summed E-state index contributed by atoms with van der Waals surface area (Å²) in [6.07, 6.45) is 5.57. The molecule has 0 aliphatic heterocycles. The van der Waals surface area contributed by atoms with Gasteiger partial charge in [0.2, 0.25) is 0 Å². The zero-order chi connectivity index (χ0) is 17.8. The van der Waals surface area contributed by atoms with Crippen LogP contribution >= 0.6 is 0 Å². The lowest BCUT2D eigenvalue weighted by atomic mass is 10.1. The van der Waals surface area contributed by atoms with Crippen LogP contribution in [0.25, 0.3) is 5.69 Å². The highest BCUT2D eigenvalue weighted by Gasteiger charge is 2.19. The number of nitrogens with zero attached hydrogens (tertiary/aromatic N) is 3. The van der Waals surface area contributed by atoms with Crippen molar-refractivity contribution in [3.63, 3.8) is 0 Å². The van der Waals surface area contributed by atoms with Crippen molar-refractivity contribution >= 4 is 5.91 Å². The molecule has 0 bridgehead atoms. The number of pyridine rings is 1. The van der Waals surface area contributed by atoms with Gasteiger partial charge in [-0.2, -0.15) is 5.10 Å². The molecule has 1 amide bonds. The fourth-order valence-corrected chi connectivity index (χ4v) is 2.72. The SMILES string of the molecule is CCc1c(C(=O)NC(C)c2ccncc2)cnn1-c1ccc(F)cc1. The highest BCUT2D eigenvalue weighted by molar-refractivity contribution is 5.95. The van der Waals surface area contributed by atoms with Gasteiger partial charge in [-0.15, -0.1) is 0 Å². The molecule has 1 aromatic carbocycles. The average molecular weight is 338 g/mol. The molecule has 1 unspecified atom stereocenters. The van der Waals surface area contributed by atoms with Crippen molar-refractivity contribution in [2.75, 3.05) is 0 Å². The van der Waals surface area contributed by atoms with Crippen LogP contribution in [0.1, 0.15) is 41.5 Å². The summed E-state index contributed by atoms with van der Waals surface area (Å²) in [5.74, 6) is -0.493. The molecule has 2 heterocycles. The monoisotopic (exact) mass is 338 g/mol. The Morgan fingerprint density at radius 1 is 1.20 bits per heavy atom. The Balaban J connectivity index is 1.85. The molecule has 0 spiro atoms. The molecule has 3 rings (SSSR count). The van der Waals surface area contributed by atoms with Crippen LogP contribution in [0.5, 0.6) is 0 Å². The van der Waals surface area contributed by atoms with E-state index in [9.17, 15) is 9.18 Å². The number of amides is 1. The second-order valence-corrected chi connectivity index (χ2v) is 5.72. The van der Waals surface area contributed by atoms with E-state index in [1.807, 2.05) is 26.0 Å². The molecule has 3 aromatic rings. The van der Waals surface area contributed by atoms with E-state index in [0.29, 0.717) is 12.0 Å². The molecule has 0 fully saturated rings. The van der Waals surface area contributed by atoms with E-state index in [1.165, 1.54) is 12.1 Å². The third kappa shape index (κ3) is 3.57. The molecule has 1 atom stereocenters. The van der Waals surface area contributed by atoms with E-state index in [1.54, 1.807) is 35.4 Å². The summed E-state index contributed by atoms with van der Waals surface area (Å²) in [5, 5.41) is 7.29. The van der Waals surface area contributed by atoms with E-state index in [4.69, 9.17) is 0 Å². The number of benzene rings is 1. The molecule has 2 aromatic heterocycles. The van der Waals surface area contributed by atoms with Crippen LogP contribution in [-0.4, -0.2) is 20.7 Å².